The maximum atomic E-state index is 12.7. The highest BCUT2D eigenvalue weighted by Gasteiger charge is 2.38. The van der Waals surface area contributed by atoms with Crippen LogP contribution in [0.15, 0.2) is 24.3 Å². The number of primary amides is 1. The highest BCUT2D eigenvalue weighted by molar-refractivity contribution is 5.96. The number of nitrogens with two attached hydrogens (primary N) is 2. The predicted octanol–water partition coefficient (Wildman–Crippen LogP) is -2.83. The molecule has 1 aromatic rings. The molecule has 0 bridgehead atoms. The van der Waals surface area contributed by atoms with E-state index in [2.05, 4.69) is 10.6 Å². The van der Waals surface area contributed by atoms with Gasteiger partial charge in [-0.3, -0.25) is 19.2 Å². The van der Waals surface area contributed by atoms with Crippen molar-refractivity contribution in [2.24, 2.45) is 11.5 Å². The fourth-order valence-electron chi connectivity index (χ4n) is 3.61. The fourth-order valence-corrected chi connectivity index (χ4v) is 3.61. The van der Waals surface area contributed by atoms with E-state index >= 15 is 0 Å². The Morgan fingerprint density at radius 2 is 1.68 bits per heavy atom. The van der Waals surface area contributed by atoms with E-state index < -0.39 is 66.8 Å². The number of phenolic OH excluding ortho intramolecular Hbond substituents is 1. The molecule has 1 heterocycles. The van der Waals surface area contributed by atoms with Gasteiger partial charge in [0.25, 0.3) is 0 Å². The number of carbonyl (C=O) groups excluding carboxylic acids is 4. The van der Waals surface area contributed by atoms with E-state index in [1.807, 2.05) is 0 Å². The van der Waals surface area contributed by atoms with E-state index in [-0.39, 0.29) is 25.1 Å². The summed E-state index contributed by atoms with van der Waals surface area (Å²) in [6, 6.07) is 0.834. The number of nitrogens with zero attached hydrogens (tertiary/aromatic N) is 1. The number of carbonyl (C=O) groups is 5. The number of rotatable bonds is 11. The Balaban J connectivity index is 2.05. The number of nitrogens with one attached hydrogen (secondary N) is 2. The molecular formula is C21H29N5O8. The fraction of sp³-hybridized carbons (Fsp3) is 0.476. The third-order valence-corrected chi connectivity index (χ3v) is 5.39. The standard InChI is InChI=1S/C21H29N5O8/c22-13(8-11-3-5-12(28)6-4-11)18(30)24-14(9-17(23)29)19(31)25-15(10-27)20(32)26-7-1-2-16(26)21(33)34/h3-6,13-16,27-28H,1-2,7-10,22H2,(H2,23,29)(H,24,30)(H,25,31)(H,33,34). The highest BCUT2D eigenvalue weighted by Crippen LogP contribution is 2.18. The number of hydrogen-bond donors (Lipinski definition) is 7. The molecule has 0 saturated carbocycles. The summed E-state index contributed by atoms with van der Waals surface area (Å²) in [6.07, 6.45) is 0.165. The number of aromatic hydroxyl groups is 1. The van der Waals surface area contributed by atoms with Crippen LogP contribution in [0.5, 0.6) is 5.75 Å². The first kappa shape index (κ1) is 26.5. The summed E-state index contributed by atoms with van der Waals surface area (Å²) in [5.41, 5.74) is 11.7. The molecule has 0 radical (unpaired) electrons. The molecule has 0 aliphatic carbocycles. The van der Waals surface area contributed by atoms with Crippen LogP contribution in [0.3, 0.4) is 0 Å². The third kappa shape index (κ3) is 7.15. The minimum Gasteiger partial charge on any atom is -0.508 e. The Labute approximate surface area is 195 Å². The number of aliphatic carboxylic acids is 1. The number of aliphatic hydroxyl groups is 1. The van der Waals surface area contributed by atoms with Crippen molar-refractivity contribution in [3.63, 3.8) is 0 Å². The number of carboxylic acid groups (broad SMARTS) is 1. The molecule has 13 heteroatoms. The van der Waals surface area contributed by atoms with Crippen molar-refractivity contribution in [1.29, 1.82) is 0 Å². The lowest BCUT2D eigenvalue weighted by atomic mass is 10.0. The second kappa shape index (κ2) is 12.0. The first-order valence-corrected chi connectivity index (χ1v) is 10.6. The van der Waals surface area contributed by atoms with E-state index in [1.165, 1.54) is 12.1 Å². The number of benzene rings is 1. The van der Waals surface area contributed by atoms with E-state index in [0.717, 1.165) is 4.90 Å². The quantitative estimate of drug-likeness (QED) is 0.173. The second-order valence-corrected chi connectivity index (χ2v) is 7.98. The minimum atomic E-state index is -1.48. The van der Waals surface area contributed by atoms with Crippen molar-refractivity contribution in [3.8, 4) is 5.75 Å². The largest absolute Gasteiger partial charge is 0.508 e. The van der Waals surface area contributed by atoms with E-state index in [0.29, 0.717) is 12.0 Å². The highest BCUT2D eigenvalue weighted by atomic mass is 16.4. The lowest BCUT2D eigenvalue weighted by Crippen LogP contribution is -2.58. The first-order chi connectivity index (χ1) is 16.0. The molecule has 186 valence electrons. The van der Waals surface area contributed by atoms with Crippen molar-refractivity contribution in [2.45, 2.75) is 49.9 Å². The third-order valence-electron chi connectivity index (χ3n) is 5.39. The van der Waals surface area contributed by atoms with Crippen molar-refractivity contribution < 1.29 is 39.3 Å². The molecule has 4 unspecified atom stereocenters. The van der Waals surface area contributed by atoms with Gasteiger partial charge < -0.3 is 42.3 Å². The summed E-state index contributed by atoms with van der Waals surface area (Å²) in [5.74, 6) is -4.61. The van der Waals surface area contributed by atoms with Crippen molar-refractivity contribution >= 4 is 29.6 Å². The van der Waals surface area contributed by atoms with Crippen LogP contribution < -0.4 is 22.1 Å². The number of amides is 4. The summed E-state index contributed by atoms with van der Waals surface area (Å²) in [5, 5.41) is 32.8. The van der Waals surface area contributed by atoms with Gasteiger partial charge in [-0.15, -0.1) is 0 Å². The SMILES string of the molecule is NC(=O)CC(NC(=O)C(N)Cc1ccc(O)cc1)C(=O)NC(CO)C(=O)N1CCCC1C(=O)O. The molecule has 4 amide bonds. The number of aliphatic hydroxyl groups excluding tert-OH is 1. The van der Waals surface area contributed by atoms with Crippen molar-refractivity contribution in [1.82, 2.24) is 15.5 Å². The normalized spacial score (nSPS) is 17.9. The molecule has 0 spiro atoms. The molecule has 1 aromatic carbocycles. The Morgan fingerprint density at radius 1 is 1.06 bits per heavy atom. The molecule has 13 nitrogen and oxygen atoms in total. The zero-order valence-corrected chi connectivity index (χ0v) is 18.3. The topological polar surface area (TPSA) is 225 Å². The average molecular weight is 479 g/mol. The maximum Gasteiger partial charge on any atom is 0.326 e. The molecule has 1 fully saturated rings. The van der Waals surface area contributed by atoms with Crippen LogP contribution in [-0.4, -0.2) is 87.1 Å². The van der Waals surface area contributed by atoms with E-state index in [9.17, 15) is 39.3 Å². The van der Waals surface area contributed by atoms with Gasteiger partial charge in [-0.25, -0.2) is 4.79 Å². The smallest absolute Gasteiger partial charge is 0.326 e. The van der Waals surface area contributed by atoms with Gasteiger partial charge in [0.05, 0.1) is 19.1 Å². The summed E-state index contributed by atoms with van der Waals surface area (Å²) < 4.78 is 0. The summed E-state index contributed by atoms with van der Waals surface area (Å²) in [6.45, 7) is -0.680. The van der Waals surface area contributed by atoms with Gasteiger partial charge in [-0.2, -0.15) is 0 Å². The lowest BCUT2D eigenvalue weighted by Gasteiger charge is -2.27. The Bertz CT molecular complexity index is 922. The van der Waals surface area contributed by atoms with Gasteiger partial charge in [-0.05, 0) is 37.0 Å². The first-order valence-electron chi connectivity index (χ1n) is 10.6. The second-order valence-electron chi connectivity index (χ2n) is 7.98. The average Bonchev–Trinajstić information content (AvgIpc) is 3.28. The van der Waals surface area contributed by atoms with Crippen LogP contribution >= 0.6 is 0 Å². The molecule has 34 heavy (non-hydrogen) atoms. The van der Waals surface area contributed by atoms with Gasteiger partial charge in [-0.1, -0.05) is 12.1 Å². The van der Waals surface area contributed by atoms with Crippen LogP contribution in [0.2, 0.25) is 0 Å². The van der Waals surface area contributed by atoms with Crippen LogP contribution in [-0.2, 0) is 30.4 Å². The predicted molar refractivity (Wildman–Crippen MR) is 117 cm³/mol. The Kier molecular flexibility index (Phi) is 9.33. The van der Waals surface area contributed by atoms with Crippen molar-refractivity contribution in [3.05, 3.63) is 29.8 Å². The summed E-state index contributed by atoms with van der Waals surface area (Å²) >= 11 is 0. The van der Waals surface area contributed by atoms with Crippen LogP contribution in [0.1, 0.15) is 24.8 Å². The molecule has 1 saturated heterocycles. The maximum absolute atomic E-state index is 12.7. The number of phenols is 1. The van der Waals surface area contributed by atoms with E-state index in [4.69, 9.17) is 11.5 Å². The molecule has 1 aliphatic heterocycles. The molecule has 2 rings (SSSR count). The monoisotopic (exact) mass is 479 g/mol. The van der Waals surface area contributed by atoms with Gasteiger partial charge in [0.15, 0.2) is 0 Å². The zero-order chi connectivity index (χ0) is 25.4. The number of carboxylic acids is 1. The molecular weight excluding hydrogens is 450 g/mol. The summed E-state index contributed by atoms with van der Waals surface area (Å²) in [4.78, 5) is 61.8. The van der Waals surface area contributed by atoms with Gasteiger partial charge in [0.1, 0.15) is 23.9 Å². The van der Waals surface area contributed by atoms with Gasteiger partial charge >= 0.3 is 5.97 Å². The van der Waals surface area contributed by atoms with Gasteiger partial charge in [0, 0.05) is 6.54 Å². The molecule has 4 atom stereocenters. The zero-order valence-electron chi connectivity index (χ0n) is 18.3. The Hall–Kier alpha value is -3.71. The lowest BCUT2D eigenvalue weighted by molar-refractivity contribution is -0.150. The Morgan fingerprint density at radius 3 is 2.24 bits per heavy atom. The van der Waals surface area contributed by atoms with Crippen molar-refractivity contribution in [2.75, 3.05) is 13.2 Å². The van der Waals surface area contributed by atoms with Crippen LogP contribution in [0.25, 0.3) is 0 Å². The molecule has 9 N–H and O–H groups in total. The van der Waals surface area contributed by atoms with Crippen LogP contribution in [0, 0.1) is 0 Å². The van der Waals surface area contributed by atoms with Crippen LogP contribution in [0.4, 0.5) is 0 Å². The summed E-state index contributed by atoms with van der Waals surface area (Å²) in [7, 11) is 0. The van der Waals surface area contributed by atoms with E-state index in [1.54, 1.807) is 12.1 Å². The number of hydrogen-bond acceptors (Lipinski definition) is 8. The number of likely N-dealkylation sites (tertiary alicyclic amines) is 1. The van der Waals surface area contributed by atoms with Gasteiger partial charge in [0.2, 0.25) is 23.6 Å². The molecule has 0 aromatic heterocycles. The molecule has 1 aliphatic rings. The minimum absolute atomic E-state index is 0.0385.